The van der Waals surface area contributed by atoms with Gasteiger partial charge in [-0.05, 0) is 57.2 Å². The molecule has 2 aliphatic heterocycles. The highest BCUT2D eigenvalue weighted by Gasteiger charge is 2.28. The number of nitrogens with zero attached hydrogens (tertiary/aromatic N) is 5. The lowest BCUT2D eigenvalue weighted by molar-refractivity contribution is 0.0475. The predicted molar refractivity (Wildman–Crippen MR) is 111 cm³/mol. The molecule has 2 aromatic heterocycles. The van der Waals surface area contributed by atoms with Gasteiger partial charge in [0.1, 0.15) is 5.52 Å². The Bertz CT molecular complexity index is 1100. The Hall–Kier alpha value is -2.71. The van der Waals surface area contributed by atoms with Crippen LogP contribution in [0.1, 0.15) is 23.2 Å². The third kappa shape index (κ3) is 3.32. The molecular formula is C21H26N6O2. The van der Waals surface area contributed by atoms with Gasteiger partial charge in [0.25, 0.3) is 11.5 Å². The number of hydrogen-bond acceptors (Lipinski definition) is 5. The van der Waals surface area contributed by atoms with Crippen LogP contribution >= 0.6 is 0 Å². The topological polar surface area (TPSA) is 76.9 Å². The number of likely N-dealkylation sites (tertiary alicyclic amines) is 1. The van der Waals surface area contributed by atoms with Crippen LogP contribution in [-0.2, 0) is 0 Å². The summed E-state index contributed by atoms with van der Waals surface area (Å²) < 4.78 is 1.61. The first-order valence-corrected chi connectivity index (χ1v) is 10.3. The Labute approximate surface area is 168 Å². The number of piperidine rings is 1. The molecule has 2 aliphatic rings. The monoisotopic (exact) mass is 394 g/mol. The molecule has 8 nitrogen and oxygen atoms in total. The van der Waals surface area contributed by atoms with E-state index >= 15 is 0 Å². The van der Waals surface area contributed by atoms with Crippen LogP contribution in [-0.4, -0.2) is 87.6 Å². The minimum Gasteiger partial charge on any atom is -0.336 e. The molecule has 1 N–H and O–H groups in total. The molecule has 0 radical (unpaired) electrons. The summed E-state index contributed by atoms with van der Waals surface area (Å²) in [5.74, 6) is 0.0244. The van der Waals surface area contributed by atoms with Gasteiger partial charge in [0.05, 0.1) is 17.2 Å². The first-order chi connectivity index (χ1) is 14.1. The summed E-state index contributed by atoms with van der Waals surface area (Å²) in [5, 5.41) is 4.22. The van der Waals surface area contributed by atoms with Gasteiger partial charge in [-0.3, -0.25) is 14.5 Å². The summed E-state index contributed by atoms with van der Waals surface area (Å²) in [4.78, 5) is 35.0. The second-order valence-corrected chi connectivity index (χ2v) is 8.18. The van der Waals surface area contributed by atoms with Crippen molar-refractivity contribution in [3.63, 3.8) is 0 Å². The van der Waals surface area contributed by atoms with Gasteiger partial charge < -0.3 is 14.8 Å². The van der Waals surface area contributed by atoms with Crippen LogP contribution in [0.5, 0.6) is 0 Å². The summed E-state index contributed by atoms with van der Waals surface area (Å²) in [6.07, 6.45) is 4.03. The number of aromatic amines is 1. The lowest BCUT2D eigenvalue weighted by Crippen LogP contribution is -2.54. The maximum Gasteiger partial charge on any atom is 0.274 e. The number of fused-ring (bicyclic) bond motifs is 3. The molecule has 2 saturated heterocycles. The van der Waals surface area contributed by atoms with Crippen LogP contribution in [0.4, 0.5) is 0 Å². The fourth-order valence-electron chi connectivity index (χ4n) is 4.64. The van der Waals surface area contributed by atoms with Crippen LogP contribution in [0.3, 0.4) is 0 Å². The van der Waals surface area contributed by atoms with Crippen LogP contribution in [0.15, 0.2) is 35.3 Å². The van der Waals surface area contributed by atoms with Crippen molar-refractivity contribution in [3.05, 3.63) is 46.4 Å². The van der Waals surface area contributed by atoms with Gasteiger partial charge >= 0.3 is 0 Å². The van der Waals surface area contributed by atoms with E-state index in [1.165, 1.54) is 12.8 Å². The second-order valence-electron chi connectivity index (χ2n) is 8.18. The lowest BCUT2D eigenvalue weighted by Gasteiger charge is -2.42. The van der Waals surface area contributed by atoms with Gasteiger partial charge in [-0.25, -0.2) is 4.52 Å². The molecule has 29 heavy (non-hydrogen) atoms. The molecule has 3 aromatic rings. The molecule has 0 saturated carbocycles. The van der Waals surface area contributed by atoms with E-state index in [4.69, 9.17) is 0 Å². The maximum atomic E-state index is 13.1. The quantitative estimate of drug-likeness (QED) is 0.703. The smallest absolute Gasteiger partial charge is 0.274 e. The molecule has 8 heteroatoms. The first-order valence-electron chi connectivity index (χ1n) is 10.3. The van der Waals surface area contributed by atoms with Gasteiger partial charge in [-0.15, -0.1) is 0 Å². The number of H-pyrrole nitrogens is 1. The van der Waals surface area contributed by atoms with Gasteiger partial charge in [0, 0.05) is 37.8 Å². The fourth-order valence-corrected chi connectivity index (χ4v) is 4.64. The van der Waals surface area contributed by atoms with E-state index in [0.29, 0.717) is 22.6 Å². The molecule has 0 atom stereocenters. The average Bonchev–Trinajstić information content (AvgIpc) is 3.25. The van der Waals surface area contributed by atoms with Crippen molar-refractivity contribution in [1.29, 1.82) is 0 Å². The minimum atomic E-state index is -0.202. The molecule has 1 amide bonds. The Morgan fingerprint density at radius 2 is 1.79 bits per heavy atom. The van der Waals surface area contributed by atoms with E-state index in [9.17, 15) is 9.59 Å². The zero-order chi connectivity index (χ0) is 20.0. The molecule has 152 valence electrons. The van der Waals surface area contributed by atoms with E-state index in [1.54, 1.807) is 22.8 Å². The minimum absolute atomic E-state index is 0.0244. The Balaban J connectivity index is 1.31. The Kier molecular flexibility index (Phi) is 4.60. The van der Waals surface area contributed by atoms with Crippen molar-refractivity contribution in [1.82, 2.24) is 29.3 Å². The Morgan fingerprint density at radius 1 is 1.03 bits per heavy atom. The predicted octanol–water partition coefficient (Wildman–Crippen LogP) is 1.03. The van der Waals surface area contributed by atoms with Crippen molar-refractivity contribution >= 4 is 22.5 Å². The highest BCUT2D eigenvalue weighted by Crippen LogP contribution is 2.20. The summed E-state index contributed by atoms with van der Waals surface area (Å²) in [5.41, 5.74) is 2.32. The van der Waals surface area contributed by atoms with Gasteiger partial charge in [-0.1, -0.05) is 0 Å². The number of benzene rings is 1. The van der Waals surface area contributed by atoms with Gasteiger partial charge in [0.2, 0.25) is 0 Å². The molecule has 0 aliphatic carbocycles. The number of nitrogens with one attached hydrogen (secondary N) is 1. The molecule has 0 bridgehead atoms. The van der Waals surface area contributed by atoms with Crippen molar-refractivity contribution in [3.8, 4) is 0 Å². The zero-order valence-corrected chi connectivity index (χ0v) is 16.7. The molecule has 0 spiro atoms. The maximum absolute atomic E-state index is 13.1. The molecule has 0 unspecified atom stereocenters. The summed E-state index contributed by atoms with van der Waals surface area (Å²) in [7, 11) is 2.18. The molecule has 5 rings (SSSR count). The van der Waals surface area contributed by atoms with Gasteiger partial charge in [-0.2, -0.15) is 5.10 Å². The van der Waals surface area contributed by atoms with Crippen LogP contribution in [0.25, 0.3) is 16.6 Å². The second kappa shape index (κ2) is 7.27. The molecular weight excluding hydrogens is 368 g/mol. The fraction of sp³-hybridized carbons (Fsp3) is 0.476. The largest absolute Gasteiger partial charge is 0.336 e. The van der Waals surface area contributed by atoms with Crippen molar-refractivity contribution in [2.75, 3.05) is 46.3 Å². The number of rotatable bonds is 2. The third-order valence-corrected chi connectivity index (χ3v) is 6.40. The lowest BCUT2D eigenvalue weighted by atomic mass is 10.0. The van der Waals surface area contributed by atoms with E-state index < -0.39 is 0 Å². The highest BCUT2D eigenvalue weighted by molar-refractivity contribution is 5.97. The van der Waals surface area contributed by atoms with E-state index in [-0.39, 0.29) is 11.5 Å². The van der Waals surface area contributed by atoms with Gasteiger partial charge in [0.15, 0.2) is 0 Å². The zero-order valence-electron chi connectivity index (χ0n) is 16.7. The summed E-state index contributed by atoms with van der Waals surface area (Å²) >= 11 is 0. The average molecular weight is 394 g/mol. The van der Waals surface area contributed by atoms with Crippen LogP contribution < -0.4 is 5.56 Å². The SMILES string of the molecule is CN1CCC(N2CCN(C(=O)c3ccc4c(c3)[nH]c(=O)c3ccnn34)CC2)CC1. The molecule has 1 aromatic carbocycles. The third-order valence-electron chi connectivity index (χ3n) is 6.40. The number of hydrogen-bond donors (Lipinski definition) is 1. The Morgan fingerprint density at radius 3 is 2.55 bits per heavy atom. The number of amides is 1. The van der Waals surface area contributed by atoms with Crippen LogP contribution in [0.2, 0.25) is 0 Å². The van der Waals surface area contributed by atoms with Crippen molar-refractivity contribution in [2.24, 2.45) is 0 Å². The number of carbonyl (C=O) groups is 1. The molecule has 2 fully saturated rings. The number of carbonyl (C=O) groups excluding carboxylic acids is 1. The number of piperazine rings is 1. The number of aromatic nitrogens is 3. The summed E-state index contributed by atoms with van der Waals surface area (Å²) in [6.45, 7) is 5.66. The van der Waals surface area contributed by atoms with Crippen molar-refractivity contribution in [2.45, 2.75) is 18.9 Å². The normalized spacial score (nSPS) is 20.0. The van der Waals surface area contributed by atoms with Crippen molar-refractivity contribution < 1.29 is 4.79 Å². The standard InChI is InChI=1S/C21H26N6O2/c1-24-8-5-16(6-9-24)25-10-12-26(13-11-25)21(29)15-2-3-18-17(14-15)23-20(28)19-4-7-22-27(18)19/h2-4,7,14,16H,5-6,8-13H2,1H3,(H,23,28). The summed E-state index contributed by atoms with van der Waals surface area (Å²) in [6, 6.07) is 7.77. The molecule has 4 heterocycles. The highest BCUT2D eigenvalue weighted by atomic mass is 16.2. The van der Waals surface area contributed by atoms with E-state index in [1.807, 2.05) is 17.0 Å². The van der Waals surface area contributed by atoms with E-state index in [0.717, 1.165) is 44.8 Å². The first kappa shape index (κ1) is 18.3. The van der Waals surface area contributed by atoms with Crippen LogP contribution in [0, 0.1) is 0 Å². The van der Waals surface area contributed by atoms with E-state index in [2.05, 4.69) is 26.9 Å².